The van der Waals surface area contributed by atoms with E-state index in [4.69, 9.17) is 4.74 Å². The molecule has 2 aromatic heterocycles. The number of aryl methyl sites for hydroxylation is 3. The van der Waals surface area contributed by atoms with Crippen LogP contribution in [0.3, 0.4) is 0 Å². The Morgan fingerprint density at radius 1 is 1.33 bits per heavy atom. The quantitative estimate of drug-likeness (QED) is 0.807. The Morgan fingerprint density at radius 2 is 2.19 bits per heavy atom. The highest BCUT2D eigenvalue weighted by molar-refractivity contribution is 5.90. The summed E-state index contributed by atoms with van der Waals surface area (Å²) in [5, 5.41) is 4.25. The Labute approximate surface area is 123 Å². The van der Waals surface area contributed by atoms with Crippen molar-refractivity contribution in [1.29, 1.82) is 0 Å². The maximum atomic E-state index is 12.2. The van der Waals surface area contributed by atoms with Crippen LogP contribution in [0.1, 0.15) is 46.1 Å². The summed E-state index contributed by atoms with van der Waals surface area (Å²) in [6.07, 6.45) is 4.70. The van der Waals surface area contributed by atoms with Crippen LogP contribution in [0.4, 0.5) is 0 Å². The Hall–Kier alpha value is -2.24. The van der Waals surface area contributed by atoms with Crippen molar-refractivity contribution in [2.75, 3.05) is 0 Å². The molecule has 0 aromatic carbocycles. The van der Waals surface area contributed by atoms with E-state index >= 15 is 0 Å². The Morgan fingerprint density at radius 3 is 3.00 bits per heavy atom. The highest BCUT2D eigenvalue weighted by Crippen LogP contribution is 2.19. The molecule has 3 heterocycles. The van der Waals surface area contributed by atoms with Gasteiger partial charge in [-0.05, 0) is 39.2 Å². The van der Waals surface area contributed by atoms with E-state index in [1.54, 1.807) is 6.20 Å². The molecule has 6 nitrogen and oxygen atoms in total. The molecule has 0 spiro atoms. The standard InChI is InChI=1S/C15H18N4O2/c1-10-7-12(18-11(2)17-10)9-21-15(20)13-8-16-19-6-4-3-5-14(13)19/h7-8H,3-6,9H2,1-2H3. The molecule has 21 heavy (non-hydrogen) atoms. The van der Waals surface area contributed by atoms with Gasteiger partial charge in [-0.3, -0.25) is 4.68 Å². The summed E-state index contributed by atoms with van der Waals surface area (Å²) < 4.78 is 7.27. The molecule has 1 aliphatic heterocycles. The van der Waals surface area contributed by atoms with Gasteiger partial charge in [0.1, 0.15) is 18.0 Å². The number of nitrogens with zero attached hydrogens (tertiary/aromatic N) is 4. The number of esters is 1. The summed E-state index contributed by atoms with van der Waals surface area (Å²) in [4.78, 5) is 20.7. The minimum Gasteiger partial charge on any atom is -0.455 e. The van der Waals surface area contributed by atoms with Crippen molar-refractivity contribution in [1.82, 2.24) is 19.7 Å². The molecule has 6 heteroatoms. The summed E-state index contributed by atoms with van der Waals surface area (Å²) in [5.74, 6) is 0.357. The van der Waals surface area contributed by atoms with Gasteiger partial charge in [0.15, 0.2) is 0 Å². The second-order valence-electron chi connectivity index (χ2n) is 5.31. The second-order valence-corrected chi connectivity index (χ2v) is 5.31. The van der Waals surface area contributed by atoms with Crippen molar-refractivity contribution in [3.8, 4) is 0 Å². The SMILES string of the molecule is Cc1cc(COC(=O)c2cnn3c2CCCC3)nc(C)n1. The van der Waals surface area contributed by atoms with Crippen LogP contribution < -0.4 is 0 Å². The highest BCUT2D eigenvalue weighted by Gasteiger charge is 2.21. The lowest BCUT2D eigenvalue weighted by Crippen LogP contribution is -2.15. The third kappa shape index (κ3) is 2.94. The molecule has 0 saturated carbocycles. The molecular weight excluding hydrogens is 268 g/mol. The van der Waals surface area contributed by atoms with Crippen LogP contribution in [0.2, 0.25) is 0 Å². The topological polar surface area (TPSA) is 69.9 Å². The van der Waals surface area contributed by atoms with Crippen LogP contribution in [-0.2, 0) is 24.3 Å². The number of rotatable bonds is 3. The summed E-state index contributed by atoms with van der Waals surface area (Å²) in [6.45, 7) is 4.77. The van der Waals surface area contributed by atoms with Crippen LogP contribution in [0.25, 0.3) is 0 Å². The van der Waals surface area contributed by atoms with Gasteiger partial charge in [-0.15, -0.1) is 0 Å². The third-order valence-corrected chi connectivity index (χ3v) is 3.57. The largest absolute Gasteiger partial charge is 0.455 e. The predicted octanol–water partition coefficient (Wildman–Crippen LogP) is 1.98. The molecule has 1 aliphatic rings. The lowest BCUT2D eigenvalue weighted by Gasteiger charge is -2.14. The van der Waals surface area contributed by atoms with Crippen molar-refractivity contribution < 1.29 is 9.53 Å². The first kappa shape index (κ1) is 13.7. The number of carbonyl (C=O) groups excluding carboxylic acids is 1. The molecule has 0 radical (unpaired) electrons. The van der Waals surface area contributed by atoms with Crippen LogP contribution in [0, 0.1) is 13.8 Å². The molecule has 0 N–H and O–H groups in total. The summed E-state index contributed by atoms with van der Waals surface area (Å²) in [6, 6.07) is 1.83. The lowest BCUT2D eigenvalue weighted by atomic mass is 10.1. The first-order valence-electron chi connectivity index (χ1n) is 7.16. The van der Waals surface area contributed by atoms with E-state index in [0.717, 1.165) is 42.9 Å². The smallest absolute Gasteiger partial charge is 0.342 e. The number of hydrogen-bond acceptors (Lipinski definition) is 5. The van der Waals surface area contributed by atoms with Gasteiger partial charge in [0.2, 0.25) is 0 Å². The zero-order valence-corrected chi connectivity index (χ0v) is 12.3. The van der Waals surface area contributed by atoms with Crippen LogP contribution in [0.15, 0.2) is 12.3 Å². The number of ether oxygens (including phenoxy) is 1. The molecular formula is C15H18N4O2. The van der Waals surface area contributed by atoms with Gasteiger partial charge < -0.3 is 4.74 Å². The molecule has 2 aromatic rings. The molecule has 0 bridgehead atoms. The van der Waals surface area contributed by atoms with Gasteiger partial charge >= 0.3 is 5.97 Å². The zero-order valence-electron chi connectivity index (χ0n) is 12.3. The Balaban J connectivity index is 1.70. The summed E-state index contributed by atoms with van der Waals surface area (Å²) in [7, 11) is 0. The fourth-order valence-corrected chi connectivity index (χ4v) is 2.68. The molecule has 0 amide bonds. The maximum absolute atomic E-state index is 12.2. The van der Waals surface area contributed by atoms with Crippen molar-refractivity contribution in [2.45, 2.75) is 46.3 Å². The molecule has 0 unspecified atom stereocenters. The van der Waals surface area contributed by atoms with Crippen LogP contribution >= 0.6 is 0 Å². The maximum Gasteiger partial charge on any atom is 0.342 e. The normalized spacial score (nSPS) is 13.8. The predicted molar refractivity (Wildman–Crippen MR) is 75.8 cm³/mol. The van der Waals surface area contributed by atoms with Gasteiger partial charge in [-0.1, -0.05) is 0 Å². The molecule has 0 atom stereocenters. The molecule has 110 valence electrons. The first-order valence-corrected chi connectivity index (χ1v) is 7.16. The van der Waals surface area contributed by atoms with Gasteiger partial charge in [-0.25, -0.2) is 14.8 Å². The average Bonchev–Trinajstić information content (AvgIpc) is 2.88. The minimum atomic E-state index is -0.327. The Bertz CT molecular complexity index is 658. The Kier molecular flexibility index (Phi) is 3.68. The van der Waals surface area contributed by atoms with Crippen LogP contribution in [-0.4, -0.2) is 25.7 Å². The van der Waals surface area contributed by atoms with Crippen molar-refractivity contribution in [3.63, 3.8) is 0 Å². The second kappa shape index (κ2) is 5.63. The lowest BCUT2D eigenvalue weighted by molar-refractivity contribution is 0.0465. The average molecular weight is 286 g/mol. The minimum absolute atomic E-state index is 0.160. The monoisotopic (exact) mass is 286 g/mol. The van der Waals surface area contributed by atoms with E-state index in [0.29, 0.717) is 11.4 Å². The van der Waals surface area contributed by atoms with E-state index in [-0.39, 0.29) is 12.6 Å². The fraction of sp³-hybridized carbons (Fsp3) is 0.467. The highest BCUT2D eigenvalue weighted by atomic mass is 16.5. The van der Waals surface area contributed by atoms with E-state index in [9.17, 15) is 4.79 Å². The molecule has 3 rings (SSSR count). The van der Waals surface area contributed by atoms with Crippen molar-refractivity contribution in [2.24, 2.45) is 0 Å². The fourth-order valence-electron chi connectivity index (χ4n) is 2.68. The van der Waals surface area contributed by atoms with E-state index in [2.05, 4.69) is 15.1 Å². The van der Waals surface area contributed by atoms with Gasteiger partial charge in [-0.2, -0.15) is 5.10 Å². The van der Waals surface area contributed by atoms with E-state index < -0.39 is 0 Å². The number of fused-ring (bicyclic) bond motifs is 1. The number of hydrogen-bond donors (Lipinski definition) is 0. The number of aromatic nitrogens is 4. The summed E-state index contributed by atoms with van der Waals surface area (Å²) in [5.41, 5.74) is 3.16. The van der Waals surface area contributed by atoms with Crippen molar-refractivity contribution >= 4 is 5.97 Å². The zero-order chi connectivity index (χ0) is 14.8. The van der Waals surface area contributed by atoms with Crippen molar-refractivity contribution in [3.05, 3.63) is 40.7 Å². The molecule has 0 aliphatic carbocycles. The summed E-state index contributed by atoms with van der Waals surface area (Å²) >= 11 is 0. The van der Waals surface area contributed by atoms with Gasteiger partial charge in [0.25, 0.3) is 0 Å². The number of carbonyl (C=O) groups is 1. The molecule has 0 saturated heterocycles. The van der Waals surface area contributed by atoms with Crippen LogP contribution in [0.5, 0.6) is 0 Å². The third-order valence-electron chi connectivity index (χ3n) is 3.57. The van der Waals surface area contributed by atoms with Gasteiger partial charge in [0.05, 0.1) is 17.6 Å². The van der Waals surface area contributed by atoms with E-state index in [1.165, 1.54) is 0 Å². The van der Waals surface area contributed by atoms with Gasteiger partial charge in [0, 0.05) is 12.2 Å². The first-order chi connectivity index (χ1) is 10.1. The molecule has 0 fully saturated rings. The van der Waals surface area contributed by atoms with E-state index in [1.807, 2.05) is 24.6 Å².